The number of carbonyl (C=O) groups excluding carboxylic acids is 1. The molecule has 0 unspecified atom stereocenters. The number of hydrogen-bond donors (Lipinski definition) is 3. The second-order valence-electron chi connectivity index (χ2n) is 10.7. The predicted molar refractivity (Wildman–Crippen MR) is 165 cm³/mol. The zero-order valence-electron chi connectivity index (χ0n) is 24.6. The summed E-state index contributed by atoms with van der Waals surface area (Å²) in [7, 11) is 0. The van der Waals surface area contributed by atoms with Crippen LogP contribution in [-0.2, 0) is 22.7 Å². The smallest absolute Gasteiger partial charge is 0.260 e. The largest absolute Gasteiger partial charge is 0.386 e. The van der Waals surface area contributed by atoms with Crippen LogP contribution < -0.4 is 16.4 Å². The first-order chi connectivity index (χ1) is 20.0. The van der Waals surface area contributed by atoms with Gasteiger partial charge in [-0.15, -0.1) is 5.16 Å². The molecule has 4 N–H and O–H groups in total. The number of nitrogen functional groups attached to an aromatic ring is 1. The van der Waals surface area contributed by atoms with Crippen LogP contribution in [0.15, 0.2) is 35.6 Å². The van der Waals surface area contributed by atoms with E-state index < -0.39 is 0 Å². The zero-order chi connectivity index (χ0) is 29.0. The highest BCUT2D eigenvalue weighted by Gasteiger charge is 2.17. The molecule has 1 fully saturated rings. The minimum Gasteiger partial charge on any atom is -0.386 e. The number of nitrogens with zero attached hydrogens (tertiary/aromatic N) is 6. The molecule has 41 heavy (non-hydrogen) atoms. The van der Waals surface area contributed by atoms with Crippen LogP contribution in [0.3, 0.4) is 0 Å². The third-order valence-corrected chi connectivity index (χ3v) is 7.58. The zero-order valence-corrected chi connectivity index (χ0v) is 24.6. The molecule has 0 bridgehead atoms. The van der Waals surface area contributed by atoms with E-state index in [1.807, 2.05) is 6.07 Å². The molecule has 0 atom stereocenters. The van der Waals surface area contributed by atoms with Crippen LogP contribution in [0.4, 0.5) is 11.8 Å². The van der Waals surface area contributed by atoms with Gasteiger partial charge in [0.1, 0.15) is 5.52 Å². The molecule has 1 aromatic carbocycles. The molecule has 222 valence electrons. The Labute approximate surface area is 243 Å². The number of fused-ring (bicyclic) bond motifs is 1. The topological polar surface area (TPSA) is 126 Å². The van der Waals surface area contributed by atoms with Gasteiger partial charge in [0.2, 0.25) is 5.95 Å². The molecule has 1 amide bonds. The third-order valence-electron chi connectivity index (χ3n) is 7.58. The van der Waals surface area contributed by atoms with Gasteiger partial charge in [-0.25, -0.2) is 4.98 Å². The summed E-state index contributed by atoms with van der Waals surface area (Å²) in [6, 6.07) is 8.85. The lowest BCUT2D eigenvalue weighted by Crippen LogP contribution is -2.46. The molecule has 0 aliphatic carbocycles. The molecule has 3 heterocycles. The number of amides is 1. The van der Waals surface area contributed by atoms with E-state index in [1.54, 1.807) is 0 Å². The average Bonchev–Trinajstić information content (AvgIpc) is 3.36. The number of aromatic nitrogens is 3. The summed E-state index contributed by atoms with van der Waals surface area (Å²) in [5.41, 5.74) is 11.8. The Morgan fingerprint density at radius 3 is 2.63 bits per heavy atom. The number of carbonyl (C=O) groups is 1. The van der Waals surface area contributed by atoms with Crippen LogP contribution in [-0.4, -0.2) is 89.4 Å². The van der Waals surface area contributed by atoms with Gasteiger partial charge in [0.25, 0.3) is 5.91 Å². The van der Waals surface area contributed by atoms with E-state index in [4.69, 9.17) is 5.73 Å². The summed E-state index contributed by atoms with van der Waals surface area (Å²) in [5.74, 6) is 0.943. The van der Waals surface area contributed by atoms with Gasteiger partial charge >= 0.3 is 0 Å². The highest BCUT2D eigenvalue weighted by Crippen LogP contribution is 2.25. The number of nitrogens with two attached hydrogens (primary N) is 1. The molecule has 1 aliphatic rings. The number of anilines is 2. The highest BCUT2D eigenvalue weighted by atomic mass is 16.6. The van der Waals surface area contributed by atoms with Crippen LogP contribution >= 0.6 is 0 Å². The maximum atomic E-state index is 11.6. The monoisotopic (exact) mass is 563 g/mol. The van der Waals surface area contributed by atoms with Crippen LogP contribution in [0.25, 0.3) is 11.0 Å². The Morgan fingerprint density at radius 1 is 1.07 bits per heavy atom. The summed E-state index contributed by atoms with van der Waals surface area (Å²) < 4.78 is 2.22. The first kappa shape index (κ1) is 30.3. The maximum absolute atomic E-state index is 11.6. The van der Waals surface area contributed by atoms with E-state index in [-0.39, 0.29) is 12.5 Å². The van der Waals surface area contributed by atoms with Crippen molar-refractivity contribution in [3.05, 3.63) is 47.2 Å². The molecule has 0 saturated carbocycles. The van der Waals surface area contributed by atoms with Gasteiger partial charge in [-0.1, -0.05) is 38.0 Å². The molecule has 1 saturated heterocycles. The number of piperazine rings is 1. The fourth-order valence-corrected chi connectivity index (χ4v) is 5.29. The molecule has 0 radical (unpaired) electrons. The molecule has 0 spiro atoms. The minimum absolute atomic E-state index is 0.0754. The van der Waals surface area contributed by atoms with Gasteiger partial charge in [-0.05, 0) is 49.1 Å². The van der Waals surface area contributed by atoms with Crippen molar-refractivity contribution in [1.82, 2.24) is 29.7 Å². The molecular formula is C30H45N9O2. The van der Waals surface area contributed by atoms with Crippen molar-refractivity contribution in [2.75, 3.05) is 63.5 Å². The van der Waals surface area contributed by atoms with E-state index in [9.17, 15) is 4.79 Å². The molecule has 1 aliphatic heterocycles. The SMILES string of the molecule is C=NOCC(=O)NCCCN1CCN(Cc2ccc(Cn3ccc4nc(N)nc(NCCCCC)c43)c(C)c2)CC1. The standard InChI is InChI=1S/C30H45N9O2/c1-4-5-6-11-34-29-28-26(35-30(31)36-29)10-14-39(28)21-25-9-8-24(19-23(25)2)20-38-17-15-37(16-18-38)13-7-12-33-27(40)22-41-32-3/h8-10,14,19H,3-7,11-13,15-18,20-22H2,1-2H3,(H,33,40)(H3,31,34,35,36). The van der Waals surface area contributed by atoms with Crippen LogP contribution in [0.2, 0.25) is 0 Å². The summed E-state index contributed by atoms with van der Waals surface area (Å²) in [6.07, 6.45) is 6.46. The number of benzene rings is 1. The van der Waals surface area contributed by atoms with Crippen molar-refractivity contribution < 1.29 is 9.63 Å². The van der Waals surface area contributed by atoms with Crippen LogP contribution in [0, 0.1) is 6.92 Å². The van der Waals surface area contributed by atoms with E-state index in [0.717, 1.165) is 82.1 Å². The third kappa shape index (κ3) is 8.89. The Bertz CT molecular complexity index is 1280. The van der Waals surface area contributed by atoms with Crippen molar-refractivity contribution in [3.63, 3.8) is 0 Å². The van der Waals surface area contributed by atoms with Gasteiger partial charge in [0, 0.05) is 65.3 Å². The number of rotatable bonds is 16. The lowest BCUT2D eigenvalue weighted by molar-refractivity contribution is -0.125. The lowest BCUT2D eigenvalue weighted by atomic mass is 10.0. The Morgan fingerprint density at radius 2 is 1.88 bits per heavy atom. The van der Waals surface area contributed by atoms with Crippen molar-refractivity contribution in [3.8, 4) is 0 Å². The van der Waals surface area contributed by atoms with Crippen molar-refractivity contribution in [2.45, 2.75) is 52.6 Å². The molecular weight excluding hydrogens is 518 g/mol. The van der Waals surface area contributed by atoms with Crippen LogP contribution in [0.1, 0.15) is 49.3 Å². The fraction of sp³-hybridized carbons (Fsp3) is 0.533. The number of aryl methyl sites for hydroxylation is 1. The van der Waals surface area contributed by atoms with Gasteiger partial charge < -0.3 is 30.7 Å². The molecule has 11 heteroatoms. The van der Waals surface area contributed by atoms with E-state index in [1.165, 1.54) is 29.5 Å². The van der Waals surface area contributed by atoms with Gasteiger partial charge in [0.15, 0.2) is 12.4 Å². The summed E-state index contributed by atoms with van der Waals surface area (Å²) >= 11 is 0. The van der Waals surface area contributed by atoms with Crippen molar-refractivity contribution >= 4 is 35.4 Å². The summed E-state index contributed by atoms with van der Waals surface area (Å²) in [4.78, 5) is 30.2. The van der Waals surface area contributed by atoms with E-state index in [2.05, 4.69) is 89.9 Å². The fourth-order valence-electron chi connectivity index (χ4n) is 5.29. The Kier molecular flexibility index (Phi) is 11.3. The average molecular weight is 564 g/mol. The summed E-state index contributed by atoms with van der Waals surface area (Å²) in [5, 5.41) is 9.56. The van der Waals surface area contributed by atoms with E-state index >= 15 is 0 Å². The minimum atomic E-state index is -0.163. The maximum Gasteiger partial charge on any atom is 0.260 e. The van der Waals surface area contributed by atoms with E-state index in [0.29, 0.717) is 12.5 Å². The number of nitrogens with one attached hydrogen (secondary N) is 2. The van der Waals surface area contributed by atoms with Crippen molar-refractivity contribution in [1.29, 1.82) is 0 Å². The van der Waals surface area contributed by atoms with Gasteiger partial charge in [-0.2, -0.15) is 4.98 Å². The van der Waals surface area contributed by atoms with Crippen molar-refractivity contribution in [2.24, 2.45) is 5.16 Å². The molecule has 2 aromatic heterocycles. The highest BCUT2D eigenvalue weighted by molar-refractivity contribution is 5.87. The first-order valence-corrected chi connectivity index (χ1v) is 14.7. The second kappa shape index (κ2) is 15.3. The summed E-state index contributed by atoms with van der Waals surface area (Å²) in [6.45, 7) is 15.9. The quantitative estimate of drug-likeness (QED) is 0.138. The molecule has 11 nitrogen and oxygen atoms in total. The Balaban J connectivity index is 1.27. The number of unbranched alkanes of at least 4 members (excludes halogenated alkanes) is 2. The first-order valence-electron chi connectivity index (χ1n) is 14.7. The molecule has 4 rings (SSSR count). The lowest BCUT2D eigenvalue weighted by Gasteiger charge is -2.34. The number of hydrogen-bond acceptors (Lipinski definition) is 9. The second-order valence-corrected chi connectivity index (χ2v) is 10.7. The van der Waals surface area contributed by atoms with Gasteiger partial charge in [0.05, 0.1) is 5.52 Å². The molecule has 3 aromatic rings. The normalized spacial score (nSPS) is 14.3. The number of oxime groups is 1. The Hall–Kier alpha value is -3.70. The van der Waals surface area contributed by atoms with Crippen LogP contribution in [0.5, 0.6) is 0 Å². The predicted octanol–water partition coefficient (Wildman–Crippen LogP) is 3.23. The van der Waals surface area contributed by atoms with Gasteiger partial charge in [-0.3, -0.25) is 9.69 Å².